The van der Waals surface area contributed by atoms with Gasteiger partial charge < -0.3 is 4.74 Å². The number of ketones is 1. The van der Waals surface area contributed by atoms with E-state index in [0.29, 0.717) is 48.5 Å². The highest BCUT2D eigenvalue weighted by molar-refractivity contribution is 9.10. The van der Waals surface area contributed by atoms with Crippen molar-refractivity contribution in [3.05, 3.63) is 108 Å². The molecule has 3 aromatic carbocycles. The second-order valence-corrected chi connectivity index (χ2v) is 13.8. The molecule has 2 heterocycles. The maximum Gasteiger partial charge on any atom is 0.339 e. The van der Waals surface area contributed by atoms with Gasteiger partial charge in [-0.25, -0.2) is 9.78 Å². The lowest BCUT2D eigenvalue weighted by Crippen LogP contribution is -2.32. The fraction of sp³-hybridized carbons (Fsp3) is 0.250. The molecule has 1 aliphatic heterocycles. The number of hydrogen-bond acceptors (Lipinski definition) is 8. The van der Waals surface area contributed by atoms with E-state index in [4.69, 9.17) is 21.3 Å². The van der Waals surface area contributed by atoms with Crippen LogP contribution < -0.4 is 4.90 Å². The molecule has 12 heteroatoms. The van der Waals surface area contributed by atoms with Crippen LogP contribution in [-0.2, 0) is 14.3 Å². The Balaban J connectivity index is 1.19. The Morgan fingerprint density at radius 2 is 1.75 bits per heavy atom. The van der Waals surface area contributed by atoms with E-state index < -0.39 is 23.3 Å². The number of nitro groups is 1. The molecule has 4 unspecified atom stereocenters. The molecule has 0 radical (unpaired) electrons. The lowest BCUT2D eigenvalue weighted by atomic mass is 9.82. The van der Waals surface area contributed by atoms with Crippen LogP contribution in [0.25, 0.3) is 22.2 Å². The molecule has 1 aromatic heterocycles. The van der Waals surface area contributed by atoms with Crippen molar-refractivity contribution in [2.45, 2.75) is 27.2 Å². The summed E-state index contributed by atoms with van der Waals surface area (Å²) < 4.78 is 5.98. The van der Waals surface area contributed by atoms with Gasteiger partial charge in [0.15, 0.2) is 6.61 Å². The predicted octanol–water partition coefficient (Wildman–Crippen LogP) is 7.58. The first-order valence-electron chi connectivity index (χ1n) is 15.3. The molecule has 2 fully saturated rings. The first kappa shape index (κ1) is 31.8. The number of hydrogen-bond donors (Lipinski definition) is 0. The zero-order valence-corrected chi connectivity index (χ0v) is 28.3. The summed E-state index contributed by atoms with van der Waals surface area (Å²) in [7, 11) is 0. The Kier molecular flexibility index (Phi) is 7.79. The minimum Gasteiger partial charge on any atom is -0.454 e. The van der Waals surface area contributed by atoms with Gasteiger partial charge in [-0.1, -0.05) is 47.5 Å². The summed E-state index contributed by atoms with van der Waals surface area (Å²) in [6.45, 7) is 4.72. The standard InChI is InChI=1S/C36H27BrClN3O7/c1-16-4-5-20(12-28(16)41(46)47)29(42)15-48-36(45)25-14-27(39-33-18(3)32(38)26(37)13-24(25)33)19-6-8-22(9-7-19)40-34(43)30-21-10-17(2)23(11-21)31(30)35(40)44/h4-10,12-14,21,23,30-31H,11,15H2,1-3H3. The van der Waals surface area contributed by atoms with E-state index >= 15 is 0 Å². The van der Waals surface area contributed by atoms with Crippen LogP contribution in [0.4, 0.5) is 11.4 Å². The highest BCUT2D eigenvalue weighted by Crippen LogP contribution is 2.56. The van der Waals surface area contributed by atoms with Crippen molar-refractivity contribution in [2.24, 2.45) is 23.7 Å². The maximum atomic E-state index is 13.5. The SMILES string of the molecule is CC1=CC2CC1C1C(=O)N(c3ccc(-c4cc(C(=O)OCC(=O)c5ccc(C)c([N+](=O)[O-])c5)c5cc(Br)c(Cl)c(C)c5n4)cc3)C(=O)C21. The van der Waals surface area contributed by atoms with Gasteiger partial charge in [0.25, 0.3) is 5.69 Å². The van der Waals surface area contributed by atoms with Gasteiger partial charge in [-0.3, -0.25) is 29.4 Å². The number of carbonyl (C=O) groups is 4. The molecule has 2 amide bonds. The van der Waals surface area contributed by atoms with Gasteiger partial charge in [-0.05, 0) is 84.8 Å². The van der Waals surface area contributed by atoms with Crippen molar-refractivity contribution in [3.63, 3.8) is 0 Å². The van der Waals surface area contributed by atoms with Crippen LogP contribution in [0.1, 0.15) is 45.2 Å². The molecule has 0 N–H and O–H groups in total. The molecule has 4 aromatic rings. The summed E-state index contributed by atoms with van der Waals surface area (Å²) >= 11 is 9.96. The summed E-state index contributed by atoms with van der Waals surface area (Å²) in [4.78, 5) is 70.2. The third-order valence-electron chi connectivity index (χ3n) is 9.81. The number of rotatable bonds is 7. The predicted molar refractivity (Wildman–Crippen MR) is 182 cm³/mol. The quantitative estimate of drug-likeness (QED) is 0.0474. The largest absolute Gasteiger partial charge is 0.454 e. The lowest BCUT2D eigenvalue weighted by molar-refractivity contribution is -0.385. The van der Waals surface area contributed by atoms with Gasteiger partial charge >= 0.3 is 5.97 Å². The van der Waals surface area contributed by atoms with Crippen molar-refractivity contribution in [2.75, 3.05) is 11.5 Å². The smallest absolute Gasteiger partial charge is 0.339 e. The minimum absolute atomic E-state index is 0.0449. The first-order chi connectivity index (χ1) is 22.8. The monoisotopic (exact) mass is 727 g/mol. The van der Waals surface area contributed by atoms with Crippen molar-refractivity contribution in [3.8, 4) is 11.3 Å². The number of fused-ring (bicyclic) bond motifs is 6. The molecule has 48 heavy (non-hydrogen) atoms. The van der Waals surface area contributed by atoms with Crippen molar-refractivity contribution < 1.29 is 28.8 Å². The van der Waals surface area contributed by atoms with Crippen molar-refractivity contribution in [1.29, 1.82) is 0 Å². The number of imide groups is 1. The Bertz CT molecular complexity index is 2160. The number of benzene rings is 3. The number of amides is 2. The summed E-state index contributed by atoms with van der Waals surface area (Å²) in [5.74, 6) is -2.17. The average molecular weight is 729 g/mol. The number of nitrogens with zero attached hydrogens (tertiary/aromatic N) is 3. The van der Waals surface area contributed by atoms with Crippen LogP contribution in [0.15, 0.2) is 70.7 Å². The number of esters is 1. The Morgan fingerprint density at radius 3 is 2.46 bits per heavy atom. The zero-order chi connectivity index (χ0) is 34.2. The summed E-state index contributed by atoms with van der Waals surface area (Å²) in [5.41, 5.74) is 4.06. The summed E-state index contributed by atoms with van der Waals surface area (Å²) in [5, 5.41) is 12.2. The lowest BCUT2D eigenvalue weighted by Gasteiger charge is -2.19. The van der Waals surface area contributed by atoms with Crippen LogP contribution in [0.3, 0.4) is 0 Å². The number of aromatic nitrogens is 1. The number of Topliss-reactive ketones (excluding diaryl/α,β-unsaturated/α-hetero) is 1. The molecule has 242 valence electrons. The van der Waals surface area contributed by atoms with Gasteiger partial charge in [-0.2, -0.15) is 0 Å². The highest BCUT2D eigenvalue weighted by atomic mass is 79.9. The van der Waals surface area contributed by atoms with E-state index in [0.717, 1.165) is 12.5 Å². The topological polar surface area (TPSA) is 137 Å². The average Bonchev–Trinajstić information content (AvgIpc) is 3.71. The molecule has 10 nitrogen and oxygen atoms in total. The molecular formula is C36H27BrClN3O7. The van der Waals surface area contributed by atoms with Crippen LogP contribution in [0.5, 0.6) is 0 Å². The third kappa shape index (κ3) is 5.03. The highest BCUT2D eigenvalue weighted by Gasteiger charge is 2.60. The number of aryl methyl sites for hydroxylation is 2. The second-order valence-electron chi connectivity index (χ2n) is 12.5. The molecule has 1 saturated carbocycles. The van der Waals surface area contributed by atoms with E-state index in [1.807, 2.05) is 6.92 Å². The maximum absolute atomic E-state index is 13.5. The molecule has 3 aliphatic rings. The molecule has 2 bridgehead atoms. The number of allylic oxidation sites excluding steroid dienone is 2. The number of ether oxygens (including phenoxy) is 1. The zero-order valence-electron chi connectivity index (χ0n) is 26.0. The minimum atomic E-state index is -0.804. The number of halogens is 2. The van der Waals surface area contributed by atoms with E-state index in [-0.39, 0.29) is 52.3 Å². The summed E-state index contributed by atoms with van der Waals surface area (Å²) in [6, 6.07) is 14.1. The van der Waals surface area contributed by atoms with Gasteiger partial charge in [0.05, 0.1) is 44.2 Å². The molecule has 4 atom stereocenters. The third-order valence-corrected chi connectivity index (χ3v) is 11.1. The van der Waals surface area contributed by atoms with Gasteiger partial charge in [-0.15, -0.1) is 0 Å². The molecular weight excluding hydrogens is 702 g/mol. The molecule has 2 aliphatic carbocycles. The summed E-state index contributed by atoms with van der Waals surface area (Å²) in [6.07, 6.45) is 2.99. The normalized spacial score (nSPS) is 21.1. The fourth-order valence-electron chi connectivity index (χ4n) is 7.36. The van der Waals surface area contributed by atoms with E-state index in [1.54, 1.807) is 50.2 Å². The van der Waals surface area contributed by atoms with E-state index in [2.05, 4.69) is 22.0 Å². The van der Waals surface area contributed by atoms with Crippen LogP contribution in [0, 0.1) is 47.6 Å². The first-order valence-corrected chi connectivity index (χ1v) is 16.4. The second kappa shape index (κ2) is 11.7. The number of carbonyl (C=O) groups excluding carboxylic acids is 4. The van der Waals surface area contributed by atoms with Gasteiger partial charge in [0, 0.05) is 32.6 Å². The number of pyridine rings is 1. The van der Waals surface area contributed by atoms with Crippen LogP contribution in [0.2, 0.25) is 5.02 Å². The van der Waals surface area contributed by atoms with Gasteiger partial charge in [0.1, 0.15) is 0 Å². The Hall–Kier alpha value is -4.74. The molecule has 0 spiro atoms. The fourth-order valence-corrected chi connectivity index (χ4v) is 8.03. The Morgan fingerprint density at radius 1 is 1.04 bits per heavy atom. The molecule has 1 saturated heterocycles. The van der Waals surface area contributed by atoms with Crippen LogP contribution >= 0.6 is 27.5 Å². The van der Waals surface area contributed by atoms with Crippen LogP contribution in [-0.4, -0.2) is 40.1 Å². The molecule has 7 rings (SSSR count). The van der Waals surface area contributed by atoms with E-state index in [1.165, 1.54) is 22.6 Å². The number of nitro benzene ring substituents is 1. The number of anilines is 1. The van der Waals surface area contributed by atoms with E-state index in [9.17, 15) is 29.3 Å². The van der Waals surface area contributed by atoms with Crippen molar-refractivity contribution >= 4 is 73.4 Å². The van der Waals surface area contributed by atoms with Crippen molar-refractivity contribution in [1.82, 2.24) is 4.98 Å². The van der Waals surface area contributed by atoms with Gasteiger partial charge in [0.2, 0.25) is 17.6 Å². The Labute approximate surface area is 288 Å².